The van der Waals surface area contributed by atoms with Crippen molar-refractivity contribution in [3.63, 3.8) is 0 Å². The molecule has 0 spiro atoms. The average Bonchev–Trinajstić information content (AvgIpc) is 3.15. The summed E-state index contributed by atoms with van der Waals surface area (Å²) in [4.78, 5) is 13.6. The third-order valence-electron chi connectivity index (χ3n) is 5.79. The van der Waals surface area contributed by atoms with E-state index in [4.69, 9.17) is 16.7 Å². The van der Waals surface area contributed by atoms with Gasteiger partial charge in [-0.3, -0.25) is 0 Å². The van der Waals surface area contributed by atoms with Crippen LogP contribution in [0.1, 0.15) is 21.5 Å². The summed E-state index contributed by atoms with van der Waals surface area (Å²) in [6.45, 7) is 1.86. The quantitative estimate of drug-likeness (QED) is 0.419. The van der Waals surface area contributed by atoms with E-state index in [2.05, 4.69) is 65.6 Å². The van der Waals surface area contributed by atoms with Crippen molar-refractivity contribution < 1.29 is 9.90 Å². The standard InChI is InChI=1S/C26H20ClNO2/c27-24-15-22(26(29)30)7-9-23(24)20-8-10-25-21(14-20)11-12-28(25)16-17-5-6-18-3-1-2-4-19(18)13-17/h1-10,13-15H,11-12,16H2,(H,29,30). The first-order valence-corrected chi connectivity index (χ1v) is 10.3. The van der Waals surface area contributed by atoms with Gasteiger partial charge in [0.2, 0.25) is 0 Å². The van der Waals surface area contributed by atoms with E-state index in [0.717, 1.165) is 30.6 Å². The van der Waals surface area contributed by atoms with Crippen molar-refractivity contribution in [1.82, 2.24) is 0 Å². The minimum absolute atomic E-state index is 0.200. The molecule has 1 N–H and O–H groups in total. The van der Waals surface area contributed by atoms with Gasteiger partial charge in [-0.2, -0.15) is 0 Å². The number of carbonyl (C=O) groups is 1. The lowest BCUT2D eigenvalue weighted by Crippen LogP contribution is -2.19. The SMILES string of the molecule is O=C(O)c1ccc(-c2ccc3c(c2)CCN3Cc2ccc3ccccc3c2)c(Cl)c1. The van der Waals surface area contributed by atoms with Gasteiger partial charge in [-0.15, -0.1) is 0 Å². The number of rotatable bonds is 4. The van der Waals surface area contributed by atoms with Crippen LogP contribution in [-0.2, 0) is 13.0 Å². The van der Waals surface area contributed by atoms with E-state index in [9.17, 15) is 4.79 Å². The molecule has 4 aromatic rings. The molecule has 148 valence electrons. The second-order valence-electron chi connectivity index (χ2n) is 7.70. The Morgan fingerprint density at radius 1 is 0.933 bits per heavy atom. The van der Waals surface area contributed by atoms with Crippen LogP contribution in [0.3, 0.4) is 0 Å². The minimum atomic E-state index is -0.971. The van der Waals surface area contributed by atoms with Crippen molar-refractivity contribution >= 4 is 34.0 Å². The number of carboxylic acid groups (broad SMARTS) is 1. The van der Waals surface area contributed by atoms with Gasteiger partial charge in [0.25, 0.3) is 0 Å². The third kappa shape index (κ3) is 3.42. The first kappa shape index (κ1) is 18.7. The second-order valence-corrected chi connectivity index (χ2v) is 8.10. The van der Waals surface area contributed by atoms with E-state index in [-0.39, 0.29) is 5.56 Å². The summed E-state index contributed by atoms with van der Waals surface area (Å²) in [5.41, 5.74) is 5.93. The molecule has 0 saturated carbocycles. The summed E-state index contributed by atoms with van der Waals surface area (Å²) >= 11 is 6.37. The van der Waals surface area contributed by atoms with Crippen LogP contribution in [-0.4, -0.2) is 17.6 Å². The molecule has 0 aliphatic carbocycles. The van der Waals surface area contributed by atoms with Crippen LogP contribution in [0.15, 0.2) is 78.9 Å². The van der Waals surface area contributed by atoms with Crippen molar-refractivity contribution in [2.45, 2.75) is 13.0 Å². The normalized spacial score (nSPS) is 12.9. The first-order chi connectivity index (χ1) is 14.6. The third-order valence-corrected chi connectivity index (χ3v) is 6.10. The van der Waals surface area contributed by atoms with Gasteiger partial charge in [0.15, 0.2) is 0 Å². The van der Waals surface area contributed by atoms with Crippen LogP contribution < -0.4 is 4.90 Å². The average molecular weight is 414 g/mol. The lowest BCUT2D eigenvalue weighted by molar-refractivity contribution is 0.0697. The summed E-state index contributed by atoms with van der Waals surface area (Å²) in [6.07, 6.45) is 0.988. The van der Waals surface area contributed by atoms with E-state index >= 15 is 0 Å². The number of nitrogens with zero attached hydrogens (tertiary/aromatic N) is 1. The largest absolute Gasteiger partial charge is 0.478 e. The van der Waals surface area contributed by atoms with E-state index < -0.39 is 5.97 Å². The van der Waals surface area contributed by atoms with Crippen LogP contribution in [0, 0.1) is 0 Å². The zero-order valence-corrected chi connectivity index (χ0v) is 17.1. The fourth-order valence-corrected chi connectivity index (χ4v) is 4.53. The molecule has 5 rings (SSSR count). The molecule has 4 aromatic carbocycles. The number of hydrogen-bond donors (Lipinski definition) is 1. The number of aromatic carboxylic acids is 1. The Bertz CT molecular complexity index is 1280. The van der Waals surface area contributed by atoms with Crippen molar-refractivity contribution in [3.05, 3.63) is 101 Å². The highest BCUT2D eigenvalue weighted by Gasteiger charge is 2.20. The van der Waals surface area contributed by atoms with Crippen LogP contribution >= 0.6 is 11.6 Å². The van der Waals surface area contributed by atoms with Gasteiger partial charge in [0, 0.05) is 29.4 Å². The molecule has 0 saturated heterocycles. The maximum atomic E-state index is 11.1. The predicted octanol–water partition coefficient (Wildman–Crippen LogP) is 6.42. The summed E-state index contributed by atoms with van der Waals surface area (Å²) in [5.74, 6) is -0.971. The molecule has 0 unspecified atom stereocenters. The molecule has 0 aromatic heterocycles. The number of hydrogen-bond acceptors (Lipinski definition) is 2. The summed E-state index contributed by atoms with van der Waals surface area (Å²) in [7, 11) is 0. The van der Waals surface area contributed by atoms with Gasteiger partial charge in [-0.05, 0) is 64.2 Å². The maximum absolute atomic E-state index is 11.1. The summed E-state index contributed by atoms with van der Waals surface area (Å²) in [5, 5.41) is 12.1. The van der Waals surface area contributed by atoms with Gasteiger partial charge < -0.3 is 10.0 Å². The van der Waals surface area contributed by atoms with Crippen molar-refractivity contribution in [2.75, 3.05) is 11.4 Å². The summed E-state index contributed by atoms with van der Waals surface area (Å²) in [6, 6.07) is 26.4. The predicted molar refractivity (Wildman–Crippen MR) is 123 cm³/mol. The van der Waals surface area contributed by atoms with Gasteiger partial charge in [0.05, 0.1) is 5.56 Å². The Balaban J connectivity index is 1.41. The zero-order chi connectivity index (χ0) is 20.7. The lowest BCUT2D eigenvalue weighted by atomic mass is 10.0. The lowest BCUT2D eigenvalue weighted by Gasteiger charge is -2.20. The van der Waals surface area contributed by atoms with Crippen LogP contribution in [0.2, 0.25) is 5.02 Å². The fraction of sp³-hybridized carbons (Fsp3) is 0.115. The van der Waals surface area contributed by atoms with E-state index in [1.54, 1.807) is 12.1 Å². The van der Waals surface area contributed by atoms with Gasteiger partial charge in [-0.25, -0.2) is 4.79 Å². The maximum Gasteiger partial charge on any atom is 0.335 e. The number of halogens is 1. The van der Waals surface area contributed by atoms with Crippen LogP contribution in [0.5, 0.6) is 0 Å². The molecule has 0 atom stereocenters. The van der Waals surface area contributed by atoms with E-state index in [0.29, 0.717) is 5.02 Å². The molecule has 1 aliphatic heterocycles. The fourth-order valence-electron chi connectivity index (χ4n) is 4.24. The molecule has 0 amide bonds. The smallest absolute Gasteiger partial charge is 0.335 e. The molecule has 0 bridgehead atoms. The Kier molecular flexibility index (Phi) is 4.68. The molecule has 0 fully saturated rings. The van der Waals surface area contributed by atoms with Crippen molar-refractivity contribution in [1.29, 1.82) is 0 Å². The minimum Gasteiger partial charge on any atom is -0.478 e. The van der Waals surface area contributed by atoms with E-state index in [1.807, 2.05) is 0 Å². The molecule has 0 radical (unpaired) electrons. The molecular formula is C26H20ClNO2. The molecular weight excluding hydrogens is 394 g/mol. The van der Waals surface area contributed by atoms with Crippen LogP contribution in [0.4, 0.5) is 5.69 Å². The van der Waals surface area contributed by atoms with Gasteiger partial charge >= 0.3 is 5.97 Å². The monoisotopic (exact) mass is 413 g/mol. The van der Waals surface area contributed by atoms with Crippen molar-refractivity contribution in [3.8, 4) is 11.1 Å². The number of carboxylic acids is 1. The van der Waals surface area contributed by atoms with Gasteiger partial charge in [-0.1, -0.05) is 60.1 Å². The summed E-state index contributed by atoms with van der Waals surface area (Å²) < 4.78 is 0. The Labute approximate surface area is 180 Å². The van der Waals surface area contributed by atoms with Gasteiger partial charge in [0.1, 0.15) is 0 Å². The first-order valence-electron chi connectivity index (χ1n) is 9.97. The zero-order valence-electron chi connectivity index (χ0n) is 16.3. The number of fused-ring (bicyclic) bond motifs is 2. The Morgan fingerprint density at radius 3 is 2.57 bits per heavy atom. The molecule has 30 heavy (non-hydrogen) atoms. The molecule has 1 aliphatic rings. The Hall–Kier alpha value is -3.30. The number of benzene rings is 4. The highest BCUT2D eigenvalue weighted by Crippen LogP contribution is 2.36. The Morgan fingerprint density at radius 2 is 1.77 bits per heavy atom. The van der Waals surface area contributed by atoms with E-state index in [1.165, 1.54) is 33.7 Å². The van der Waals surface area contributed by atoms with Crippen LogP contribution in [0.25, 0.3) is 21.9 Å². The highest BCUT2D eigenvalue weighted by molar-refractivity contribution is 6.33. The number of anilines is 1. The second kappa shape index (κ2) is 7.51. The topological polar surface area (TPSA) is 40.5 Å². The molecule has 3 nitrogen and oxygen atoms in total. The highest BCUT2D eigenvalue weighted by atomic mass is 35.5. The molecule has 4 heteroatoms. The van der Waals surface area contributed by atoms with Crippen molar-refractivity contribution in [2.24, 2.45) is 0 Å². The molecule has 1 heterocycles.